The van der Waals surface area contributed by atoms with Crippen LogP contribution in [0.3, 0.4) is 0 Å². The van der Waals surface area contributed by atoms with Crippen LogP contribution in [0.5, 0.6) is 0 Å². The normalized spacial score (nSPS) is 18.1. The zero-order valence-corrected chi connectivity index (χ0v) is 20.0. The lowest BCUT2D eigenvalue weighted by molar-refractivity contribution is 0.202. The van der Waals surface area contributed by atoms with Gasteiger partial charge >= 0.3 is 0 Å². The van der Waals surface area contributed by atoms with Crippen LogP contribution in [-0.4, -0.2) is 41.0 Å². The molecule has 174 valence electrons. The Balaban J connectivity index is 1.22. The zero-order chi connectivity index (χ0) is 22.8. The first kappa shape index (κ1) is 22.2. The van der Waals surface area contributed by atoms with Gasteiger partial charge in [-0.1, -0.05) is 11.6 Å². The highest BCUT2D eigenvalue weighted by Gasteiger charge is 2.25. The average molecular weight is 466 g/mol. The number of aryl methyl sites for hydroxylation is 1. The van der Waals surface area contributed by atoms with Crippen LogP contribution in [0.2, 0.25) is 5.02 Å². The maximum atomic E-state index is 6.32. The Kier molecular flexibility index (Phi) is 6.56. The third-order valence-electron chi connectivity index (χ3n) is 7.04. The fourth-order valence-electron chi connectivity index (χ4n) is 5.04. The molecule has 0 spiro atoms. The molecule has 2 saturated heterocycles. The van der Waals surface area contributed by atoms with Gasteiger partial charge < -0.3 is 15.1 Å². The molecule has 0 aliphatic carbocycles. The summed E-state index contributed by atoms with van der Waals surface area (Å²) in [5.74, 6) is 2.68. The minimum absolute atomic E-state index is 0.460. The Morgan fingerprint density at radius 3 is 2.52 bits per heavy atom. The SMILES string of the molecule is Cc1oc(-c2ccc(Cl)cc2)nc1CN1CCC(c2cc(N3CCCCC3)cnc2N)CC1. The van der Waals surface area contributed by atoms with Crippen molar-refractivity contribution in [1.29, 1.82) is 0 Å². The fourth-order valence-corrected chi connectivity index (χ4v) is 5.16. The van der Waals surface area contributed by atoms with Crippen molar-refractivity contribution in [2.75, 3.05) is 36.8 Å². The van der Waals surface area contributed by atoms with Crippen molar-refractivity contribution < 1.29 is 4.42 Å². The molecule has 0 amide bonds. The lowest BCUT2D eigenvalue weighted by atomic mass is 9.89. The first-order valence-electron chi connectivity index (χ1n) is 12.0. The zero-order valence-electron chi connectivity index (χ0n) is 19.3. The molecule has 3 aromatic rings. The smallest absolute Gasteiger partial charge is 0.226 e. The van der Waals surface area contributed by atoms with Crippen molar-refractivity contribution in [3.63, 3.8) is 0 Å². The van der Waals surface area contributed by atoms with Crippen molar-refractivity contribution in [3.05, 3.63) is 58.6 Å². The van der Waals surface area contributed by atoms with Gasteiger partial charge in [0.25, 0.3) is 0 Å². The van der Waals surface area contributed by atoms with Crippen LogP contribution in [0.1, 0.15) is 55.0 Å². The van der Waals surface area contributed by atoms with Crippen LogP contribution in [0.25, 0.3) is 11.5 Å². The van der Waals surface area contributed by atoms with Crippen LogP contribution >= 0.6 is 11.6 Å². The van der Waals surface area contributed by atoms with Gasteiger partial charge in [0.05, 0.1) is 17.6 Å². The van der Waals surface area contributed by atoms with Crippen molar-refractivity contribution in [3.8, 4) is 11.5 Å². The molecule has 2 N–H and O–H groups in total. The molecule has 6 nitrogen and oxygen atoms in total. The van der Waals surface area contributed by atoms with Gasteiger partial charge in [-0.2, -0.15) is 0 Å². The number of benzene rings is 1. The summed E-state index contributed by atoms with van der Waals surface area (Å²) in [6, 6.07) is 9.91. The summed E-state index contributed by atoms with van der Waals surface area (Å²) in [6.07, 6.45) is 7.96. The van der Waals surface area contributed by atoms with E-state index in [0.717, 1.165) is 62.6 Å². The second-order valence-electron chi connectivity index (χ2n) is 9.29. The Morgan fingerprint density at radius 2 is 1.79 bits per heavy atom. The quantitative estimate of drug-likeness (QED) is 0.524. The summed E-state index contributed by atoms with van der Waals surface area (Å²) >= 11 is 6.01. The summed E-state index contributed by atoms with van der Waals surface area (Å²) in [5, 5.41) is 0.711. The minimum atomic E-state index is 0.460. The van der Waals surface area contributed by atoms with Gasteiger partial charge in [0, 0.05) is 30.2 Å². The van der Waals surface area contributed by atoms with E-state index in [4.69, 9.17) is 26.7 Å². The van der Waals surface area contributed by atoms with Gasteiger partial charge in [-0.15, -0.1) is 0 Å². The molecule has 0 bridgehead atoms. The Labute approximate surface area is 200 Å². The van der Waals surface area contributed by atoms with E-state index < -0.39 is 0 Å². The largest absolute Gasteiger partial charge is 0.441 e. The molecule has 5 rings (SSSR count). The lowest BCUT2D eigenvalue weighted by Crippen LogP contribution is -2.33. The van der Waals surface area contributed by atoms with Crippen molar-refractivity contribution >= 4 is 23.1 Å². The number of nitrogens with zero attached hydrogens (tertiary/aromatic N) is 4. The molecule has 0 unspecified atom stereocenters. The second-order valence-corrected chi connectivity index (χ2v) is 9.73. The molecular formula is C26H32ClN5O. The van der Waals surface area contributed by atoms with Crippen LogP contribution in [0.4, 0.5) is 11.5 Å². The first-order chi connectivity index (χ1) is 16.1. The van der Waals surface area contributed by atoms with Gasteiger partial charge in [0.2, 0.25) is 5.89 Å². The molecule has 2 aromatic heterocycles. The highest BCUT2D eigenvalue weighted by molar-refractivity contribution is 6.30. The number of pyridine rings is 1. The van der Waals surface area contributed by atoms with Gasteiger partial charge in [-0.05, 0) is 93.9 Å². The van der Waals surface area contributed by atoms with Crippen molar-refractivity contribution in [2.24, 2.45) is 0 Å². The van der Waals surface area contributed by atoms with Crippen molar-refractivity contribution in [2.45, 2.75) is 51.5 Å². The number of hydrogen-bond acceptors (Lipinski definition) is 6. The molecule has 2 aliphatic heterocycles. The van der Waals surface area contributed by atoms with Crippen LogP contribution in [0.15, 0.2) is 40.9 Å². The number of oxazole rings is 1. The topological polar surface area (TPSA) is 71.4 Å². The molecule has 0 atom stereocenters. The minimum Gasteiger partial charge on any atom is -0.441 e. The summed E-state index contributed by atoms with van der Waals surface area (Å²) in [4.78, 5) is 14.3. The number of rotatable bonds is 5. The van der Waals surface area contributed by atoms with Gasteiger partial charge in [-0.3, -0.25) is 4.90 Å². The molecule has 0 radical (unpaired) electrons. The fraction of sp³-hybridized carbons (Fsp3) is 0.462. The van der Waals surface area contributed by atoms with Crippen LogP contribution in [0, 0.1) is 6.92 Å². The molecule has 1 aromatic carbocycles. The number of nitrogens with two attached hydrogens (primary N) is 1. The van der Waals surface area contributed by atoms with E-state index >= 15 is 0 Å². The lowest BCUT2D eigenvalue weighted by Gasteiger charge is -2.33. The number of piperidine rings is 2. The predicted molar refractivity (Wildman–Crippen MR) is 134 cm³/mol. The molecule has 2 fully saturated rings. The van der Waals surface area contributed by atoms with Crippen molar-refractivity contribution in [1.82, 2.24) is 14.9 Å². The van der Waals surface area contributed by atoms with E-state index in [1.807, 2.05) is 37.4 Å². The highest BCUT2D eigenvalue weighted by Crippen LogP contribution is 2.34. The monoisotopic (exact) mass is 465 g/mol. The van der Waals surface area contributed by atoms with E-state index in [1.54, 1.807) is 0 Å². The Morgan fingerprint density at radius 1 is 1.06 bits per heavy atom. The summed E-state index contributed by atoms with van der Waals surface area (Å²) in [6.45, 7) is 7.07. The molecule has 2 aliphatic rings. The molecular weight excluding hydrogens is 434 g/mol. The Bertz CT molecular complexity index is 1080. The number of hydrogen-bond donors (Lipinski definition) is 1. The number of aromatic nitrogens is 2. The predicted octanol–water partition coefficient (Wildman–Crippen LogP) is 5.65. The summed E-state index contributed by atoms with van der Waals surface area (Å²) in [7, 11) is 0. The molecule has 7 heteroatoms. The molecule has 33 heavy (non-hydrogen) atoms. The standard InChI is InChI=1S/C26H32ClN5O/c1-18-24(30-26(33-18)20-5-7-21(27)8-6-20)17-31-13-9-19(10-14-31)23-15-22(16-29-25(23)28)32-11-3-2-4-12-32/h5-8,15-16,19H,2-4,9-14,17H2,1H3,(H2,28,29). The average Bonchev–Trinajstić information content (AvgIpc) is 3.21. The molecule has 4 heterocycles. The van der Waals surface area contributed by atoms with E-state index in [-0.39, 0.29) is 0 Å². The molecule has 0 saturated carbocycles. The Hall–Kier alpha value is -2.57. The third-order valence-corrected chi connectivity index (χ3v) is 7.29. The summed E-state index contributed by atoms with van der Waals surface area (Å²) < 4.78 is 5.95. The number of halogens is 1. The van der Waals surface area contributed by atoms with E-state index in [2.05, 4.69) is 20.9 Å². The first-order valence-corrected chi connectivity index (χ1v) is 12.4. The highest BCUT2D eigenvalue weighted by atomic mass is 35.5. The van der Waals surface area contributed by atoms with Gasteiger partial charge in [0.15, 0.2) is 0 Å². The summed E-state index contributed by atoms with van der Waals surface area (Å²) in [5.41, 5.74) is 10.7. The van der Waals surface area contributed by atoms with Gasteiger partial charge in [0.1, 0.15) is 11.6 Å². The maximum absolute atomic E-state index is 6.32. The van der Waals surface area contributed by atoms with Gasteiger partial charge in [-0.25, -0.2) is 9.97 Å². The van der Waals surface area contributed by atoms with E-state index in [1.165, 1.54) is 30.5 Å². The number of likely N-dealkylation sites (tertiary alicyclic amines) is 1. The van der Waals surface area contributed by atoms with Crippen LogP contribution in [-0.2, 0) is 6.54 Å². The number of nitrogen functional groups attached to an aromatic ring is 1. The van der Waals surface area contributed by atoms with E-state index in [9.17, 15) is 0 Å². The third kappa shape index (κ3) is 5.02. The second kappa shape index (κ2) is 9.74. The number of anilines is 2. The van der Waals surface area contributed by atoms with E-state index in [0.29, 0.717) is 22.6 Å². The maximum Gasteiger partial charge on any atom is 0.226 e. The van der Waals surface area contributed by atoms with Crippen LogP contribution < -0.4 is 10.6 Å².